The van der Waals surface area contributed by atoms with Gasteiger partial charge in [0.05, 0.1) is 31.7 Å². The summed E-state index contributed by atoms with van der Waals surface area (Å²) in [6, 6.07) is 8.33. The highest BCUT2D eigenvalue weighted by molar-refractivity contribution is 5.94. The van der Waals surface area contributed by atoms with Crippen LogP contribution in [0.15, 0.2) is 53.7 Å². The molecule has 0 radical (unpaired) electrons. The maximum absolute atomic E-state index is 12.9. The van der Waals surface area contributed by atoms with Gasteiger partial charge >= 0.3 is 0 Å². The Balaban J connectivity index is 1.43. The average molecular weight is 438 g/mol. The molecule has 0 atom stereocenters. The first-order chi connectivity index (χ1) is 15.6. The Labute approximate surface area is 184 Å². The molecule has 0 saturated heterocycles. The number of nitrogens with zero attached hydrogens (tertiary/aromatic N) is 4. The van der Waals surface area contributed by atoms with E-state index in [1.54, 1.807) is 30.5 Å². The summed E-state index contributed by atoms with van der Waals surface area (Å²) < 4.78 is 24.7. The second-order valence-corrected chi connectivity index (χ2v) is 7.37. The molecule has 1 aliphatic heterocycles. The van der Waals surface area contributed by atoms with Crippen LogP contribution in [0.4, 0.5) is 4.39 Å². The van der Waals surface area contributed by atoms with Crippen molar-refractivity contribution in [3.8, 4) is 11.5 Å². The van der Waals surface area contributed by atoms with Crippen molar-refractivity contribution in [3.63, 3.8) is 0 Å². The van der Waals surface area contributed by atoms with Crippen molar-refractivity contribution < 1.29 is 18.7 Å². The predicted molar refractivity (Wildman–Crippen MR) is 114 cm³/mol. The predicted octanol–water partition coefficient (Wildman–Crippen LogP) is 2.39. The fourth-order valence-corrected chi connectivity index (χ4v) is 3.53. The third-order valence-electron chi connectivity index (χ3n) is 5.29. The number of rotatable bonds is 7. The van der Waals surface area contributed by atoms with Gasteiger partial charge in [-0.3, -0.25) is 19.6 Å². The molecule has 9 heteroatoms. The Hall–Kier alpha value is -3.75. The van der Waals surface area contributed by atoms with Crippen LogP contribution in [-0.4, -0.2) is 45.7 Å². The zero-order chi connectivity index (χ0) is 22.5. The van der Waals surface area contributed by atoms with Crippen molar-refractivity contribution in [3.05, 3.63) is 81.8 Å². The van der Waals surface area contributed by atoms with E-state index in [-0.39, 0.29) is 19.1 Å². The van der Waals surface area contributed by atoms with Gasteiger partial charge in [0.2, 0.25) is 0 Å². The standard InChI is InChI=1S/C23H23FN4O4/c1-31-19-3-2-18(25-12-19)15-32-20-10-17-14-28(8-5-21(17)26-13-20)23(30)16-4-7-27(9-6-24)22(29)11-16/h2-4,7,10-13H,5-6,8-9,14-15H2,1H3. The highest BCUT2D eigenvalue weighted by Crippen LogP contribution is 2.23. The smallest absolute Gasteiger partial charge is 0.254 e. The molecule has 1 aliphatic rings. The van der Waals surface area contributed by atoms with Crippen LogP contribution < -0.4 is 15.0 Å². The van der Waals surface area contributed by atoms with Crippen LogP contribution in [-0.2, 0) is 26.1 Å². The number of hydrogen-bond acceptors (Lipinski definition) is 6. The summed E-state index contributed by atoms with van der Waals surface area (Å²) in [6.07, 6.45) is 5.36. The Kier molecular flexibility index (Phi) is 6.44. The molecular weight excluding hydrogens is 415 g/mol. The number of alkyl halides is 1. The monoisotopic (exact) mass is 438 g/mol. The lowest BCUT2D eigenvalue weighted by Crippen LogP contribution is -2.37. The van der Waals surface area contributed by atoms with Gasteiger partial charge in [-0.2, -0.15) is 0 Å². The molecule has 0 aliphatic carbocycles. The molecule has 1 amide bonds. The van der Waals surface area contributed by atoms with Gasteiger partial charge in [0.25, 0.3) is 11.5 Å². The summed E-state index contributed by atoms with van der Waals surface area (Å²) in [6.45, 7) is 0.490. The van der Waals surface area contributed by atoms with E-state index >= 15 is 0 Å². The summed E-state index contributed by atoms with van der Waals surface area (Å²) >= 11 is 0. The molecule has 8 nitrogen and oxygen atoms in total. The van der Waals surface area contributed by atoms with Gasteiger partial charge in [-0.15, -0.1) is 0 Å². The van der Waals surface area contributed by atoms with Gasteiger partial charge in [-0.1, -0.05) is 0 Å². The third-order valence-corrected chi connectivity index (χ3v) is 5.29. The molecule has 3 aromatic rings. The van der Waals surface area contributed by atoms with E-state index in [1.165, 1.54) is 16.8 Å². The van der Waals surface area contributed by atoms with Crippen molar-refractivity contribution in [1.29, 1.82) is 0 Å². The number of halogens is 1. The molecule has 3 aromatic heterocycles. The minimum Gasteiger partial charge on any atom is -0.495 e. The van der Waals surface area contributed by atoms with Gasteiger partial charge in [0.15, 0.2) is 0 Å². The van der Waals surface area contributed by atoms with E-state index in [1.807, 2.05) is 18.2 Å². The number of fused-ring (bicyclic) bond motifs is 1. The number of carbonyl (C=O) groups excluding carboxylic acids is 1. The van der Waals surface area contributed by atoms with Crippen molar-refractivity contribution in [2.75, 3.05) is 20.3 Å². The zero-order valence-corrected chi connectivity index (χ0v) is 17.7. The summed E-state index contributed by atoms with van der Waals surface area (Å²) in [5.41, 5.74) is 2.47. The fraction of sp³-hybridized carbons (Fsp3) is 0.304. The van der Waals surface area contributed by atoms with Crippen molar-refractivity contribution in [1.82, 2.24) is 19.4 Å². The first kappa shape index (κ1) is 21.5. The lowest BCUT2D eigenvalue weighted by molar-refractivity contribution is 0.0732. The molecular formula is C23H23FN4O4. The zero-order valence-electron chi connectivity index (χ0n) is 17.7. The molecule has 0 bridgehead atoms. The Morgan fingerprint density at radius 1 is 1.16 bits per heavy atom. The van der Waals surface area contributed by atoms with E-state index < -0.39 is 12.2 Å². The lowest BCUT2D eigenvalue weighted by Gasteiger charge is -2.28. The second kappa shape index (κ2) is 9.59. The van der Waals surface area contributed by atoms with E-state index in [0.29, 0.717) is 36.6 Å². The third kappa shape index (κ3) is 4.77. The number of carbonyl (C=O) groups is 1. The van der Waals surface area contributed by atoms with E-state index in [0.717, 1.165) is 17.0 Å². The summed E-state index contributed by atoms with van der Waals surface area (Å²) in [4.78, 5) is 35.4. The highest BCUT2D eigenvalue weighted by atomic mass is 19.1. The van der Waals surface area contributed by atoms with Crippen LogP contribution in [0.3, 0.4) is 0 Å². The summed E-state index contributed by atoms with van der Waals surface area (Å²) in [5.74, 6) is 1.02. The molecule has 4 heterocycles. The van der Waals surface area contributed by atoms with E-state index in [2.05, 4.69) is 9.97 Å². The molecule has 0 unspecified atom stereocenters. The van der Waals surface area contributed by atoms with Crippen LogP contribution in [0.5, 0.6) is 11.5 Å². The second-order valence-electron chi connectivity index (χ2n) is 7.37. The van der Waals surface area contributed by atoms with Gasteiger partial charge in [-0.25, -0.2) is 4.39 Å². The minimum absolute atomic E-state index is 0.0229. The normalized spacial score (nSPS) is 12.9. The van der Waals surface area contributed by atoms with Crippen LogP contribution in [0.1, 0.15) is 27.3 Å². The SMILES string of the molecule is COc1ccc(COc2cnc3c(c2)CN(C(=O)c2ccn(CCF)c(=O)c2)CC3)nc1. The number of aryl methyl sites for hydroxylation is 1. The molecule has 0 saturated carbocycles. The van der Waals surface area contributed by atoms with Gasteiger partial charge in [-0.05, 0) is 29.8 Å². The topological polar surface area (TPSA) is 86.5 Å². The van der Waals surface area contributed by atoms with Crippen molar-refractivity contribution >= 4 is 5.91 Å². The van der Waals surface area contributed by atoms with Crippen LogP contribution in [0, 0.1) is 0 Å². The number of amides is 1. The molecule has 0 aromatic carbocycles. The largest absolute Gasteiger partial charge is 0.495 e. The summed E-state index contributed by atoms with van der Waals surface area (Å²) in [7, 11) is 1.58. The fourth-order valence-electron chi connectivity index (χ4n) is 3.53. The molecule has 0 N–H and O–H groups in total. The first-order valence-corrected chi connectivity index (χ1v) is 10.2. The molecule has 166 valence electrons. The maximum atomic E-state index is 12.9. The molecule has 4 rings (SSSR count). The number of ether oxygens (including phenoxy) is 2. The maximum Gasteiger partial charge on any atom is 0.254 e. The Morgan fingerprint density at radius 3 is 2.72 bits per heavy atom. The first-order valence-electron chi connectivity index (χ1n) is 10.2. The highest BCUT2D eigenvalue weighted by Gasteiger charge is 2.23. The quantitative estimate of drug-likeness (QED) is 0.563. The van der Waals surface area contributed by atoms with E-state index in [4.69, 9.17) is 9.47 Å². The molecule has 0 fully saturated rings. The Morgan fingerprint density at radius 2 is 2.00 bits per heavy atom. The van der Waals surface area contributed by atoms with Crippen LogP contribution in [0.2, 0.25) is 0 Å². The molecule has 32 heavy (non-hydrogen) atoms. The van der Waals surface area contributed by atoms with Gasteiger partial charge in [0, 0.05) is 43.0 Å². The minimum atomic E-state index is -0.637. The average Bonchev–Trinajstić information content (AvgIpc) is 2.83. The van der Waals surface area contributed by atoms with Gasteiger partial charge in [0.1, 0.15) is 24.8 Å². The summed E-state index contributed by atoms with van der Waals surface area (Å²) in [5, 5.41) is 0. The van der Waals surface area contributed by atoms with Crippen molar-refractivity contribution in [2.45, 2.75) is 26.1 Å². The number of hydrogen-bond donors (Lipinski definition) is 0. The molecule has 0 spiro atoms. The van der Waals surface area contributed by atoms with Crippen molar-refractivity contribution in [2.24, 2.45) is 0 Å². The lowest BCUT2D eigenvalue weighted by atomic mass is 10.0. The van der Waals surface area contributed by atoms with Crippen LogP contribution >= 0.6 is 0 Å². The number of pyridine rings is 3. The van der Waals surface area contributed by atoms with Crippen LogP contribution in [0.25, 0.3) is 0 Å². The number of aromatic nitrogens is 3. The number of methoxy groups -OCH3 is 1. The Bertz CT molecular complexity index is 1160. The van der Waals surface area contributed by atoms with Gasteiger partial charge < -0.3 is 18.9 Å². The van der Waals surface area contributed by atoms with E-state index in [9.17, 15) is 14.0 Å².